The summed E-state index contributed by atoms with van der Waals surface area (Å²) in [5.74, 6) is -1.43. The summed E-state index contributed by atoms with van der Waals surface area (Å²) in [5, 5.41) is 10.7. The highest BCUT2D eigenvalue weighted by atomic mass is 79.9. The van der Waals surface area contributed by atoms with Gasteiger partial charge in [-0.25, -0.2) is 18.7 Å². The van der Waals surface area contributed by atoms with E-state index in [1.54, 1.807) is 24.3 Å². The second-order valence-electron chi connectivity index (χ2n) is 7.21. The van der Waals surface area contributed by atoms with Crippen LogP contribution in [0.1, 0.15) is 17.5 Å². The van der Waals surface area contributed by atoms with Crippen molar-refractivity contribution in [2.24, 2.45) is 0 Å². The van der Waals surface area contributed by atoms with Gasteiger partial charge in [0.1, 0.15) is 28.0 Å². The van der Waals surface area contributed by atoms with Gasteiger partial charge in [-0.05, 0) is 49.4 Å². The summed E-state index contributed by atoms with van der Waals surface area (Å²) >= 11 is 4.50. The number of fused-ring (bicyclic) bond motifs is 1. The minimum atomic E-state index is -0.544. The maximum absolute atomic E-state index is 14.9. The molecular weight excluding hydrogens is 526 g/mol. The molecule has 0 atom stereocenters. The predicted molar refractivity (Wildman–Crippen MR) is 130 cm³/mol. The van der Waals surface area contributed by atoms with Crippen molar-refractivity contribution in [3.8, 4) is 17.3 Å². The lowest BCUT2D eigenvalue weighted by atomic mass is 10.1. The standard InChI is InChI=1S/C24H17BrF2N4O2S/c1-3-31(24-30-22(20(12-28)34-24)13-4-6-15(26)7-5-13)19-10-16(11-21(32)33-2)29-23-17(19)8-14(25)9-18(23)27/h4-10H,3,11H2,1-2H3. The molecular formula is C24H17BrF2N4O2S. The molecule has 0 unspecified atom stereocenters. The van der Waals surface area contributed by atoms with Crippen LogP contribution in [-0.2, 0) is 16.0 Å². The predicted octanol–water partition coefficient (Wildman–Crippen LogP) is 6.14. The largest absolute Gasteiger partial charge is 0.469 e. The normalized spacial score (nSPS) is 10.8. The third-order valence-corrected chi connectivity index (χ3v) is 6.53. The van der Waals surface area contributed by atoms with E-state index in [0.717, 1.165) is 0 Å². The maximum Gasteiger partial charge on any atom is 0.311 e. The molecule has 0 aliphatic carbocycles. The number of ether oxygens (including phenoxy) is 1. The van der Waals surface area contributed by atoms with Gasteiger partial charge < -0.3 is 9.64 Å². The van der Waals surface area contributed by atoms with Crippen molar-refractivity contribution in [1.82, 2.24) is 9.97 Å². The van der Waals surface area contributed by atoms with Gasteiger partial charge in [0.15, 0.2) is 10.9 Å². The average Bonchev–Trinajstić information content (AvgIpc) is 3.24. The Hall–Kier alpha value is -3.42. The molecule has 0 aliphatic heterocycles. The zero-order valence-corrected chi connectivity index (χ0v) is 20.5. The van der Waals surface area contributed by atoms with E-state index in [1.807, 2.05) is 11.8 Å². The van der Waals surface area contributed by atoms with E-state index < -0.39 is 11.8 Å². The van der Waals surface area contributed by atoms with Crippen molar-refractivity contribution in [3.05, 3.63) is 69.1 Å². The molecule has 0 bridgehead atoms. The molecule has 10 heteroatoms. The van der Waals surface area contributed by atoms with Crippen molar-refractivity contribution in [2.45, 2.75) is 13.3 Å². The fourth-order valence-corrected chi connectivity index (χ4v) is 4.93. The van der Waals surface area contributed by atoms with Crippen LogP contribution in [0.2, 0.25) is 0 Å². The van der Waals surface area contributed by atoms with E-state index in [2.05, 4.69) is 32.0 Å². The van der Waals surface area contributed by atoms with Crippen molar-refractivity contribution in [1.29, 1.82) is 5.26 Å². The molecule has 0 saturated heterocycles. The van der Waals surface area contributed by atoms with Crippen molar-refractivity contribution in [2.75, 3.05) is 18.6 Å². The maximum atomic E-state index is 14.9. The molecule has 34 heavy (non-hydrogen) atoms. The minimum Gasteiger partial charge on any atom is -0.469 e. The zero-order valence-electron chi connectivity index (χ0n) is 18.1. The first kappa shape index (κ1) is 23.7. The van der Waals surface area contributed by atoms with Gasteiger partial charge in [0.25, 0.3) is 0 Å². The summed E-state index contributed by atoms with van der Waals surface area (Å²) in [6.45, 7) is 2.33. The monoisotopic (exact) mass is 542 g/mol. The first-order chi connectivity index (χ1) is 16.3. The van der Waals surface area contributed by atoms with Crippen LogP contribution in [0, 0.1) is 23.0 Å². The van der Waals surface area contributed by atoms with Gasteiger partial charge >= 0.3 is 5.97 Å². The van der Waals surface area contributed by atoms with Gasteiger partial charge in [-0.1, -0.05) is 27.3 Å². The molecule has 2 aromatic heterocycles. The van der Waals surface area contributed by atoms with Gasteiger partial charge in [0.2, 0.25) is 0 Å². The summed E-state index contributed by atoms with van der Waals surface area (Å²) in [7, 11) is 1.27. The number of hydrogen-bond acceptors (Lipinski definition) is 7. The number of rotatable bonds is 6. The van der Waals surface area contributed by atoms with E-state index in [4.69, 9.17) is 4.74 Å². The lowest BCUT2D eigenvalue weighted by Crippen LogP contribution is -2.17. The van der Waals surface area contributed by atoms with Crippen LogP contribution < -0.4 is 4.90 Å². The molecule has 0 amide bonds. The number of esters is 1. The van der Waals surface area contributed by atoms with Gasteiger partial charge in [-0.3, -0.25) is 4.79 Å². The second-order valence-corrected chi connectivity index (χ2v) is 9.10. The van der Waals surface area contributed by atoms with Crippen molar-refractivity contribution < 1.29 is 18.3 Å². The van der Waals surface area contributed by atoms with E-state index >= 15 is 0 Å². The number of aromatic nitrogens is 2. The second kappa shape index (κ2) is 9.83. The molecule has 0 N–H and O–H groups in total. The summed E-state index contributed by atoms with van der Waals surface area (Å²) in [4.78, 5) is 23.1. The number of carbonyl (C=O) groups is 1. The van der Waals surface area contributed by atoms with Crippen LogP contribution in [-0.4, -0.2) is 29.6 Å². The molecule has 2 aromatic carbocycles. The SMILES string of the molecule is CCN(c1nc(-c2ccc(F)cc2)c(C#N)s1)c1cc(CC(=O)OC)nc2c(F)cc(Br)cc12. The number of nitriles is 1. The number of halogens is 3. The number of carbonyl (C=O) groups excluding carboxylic acids is 1. The number of anilines is 2. The topological polar surface area (TPSA) is 79.1 Å². The fourth-order valence-electron chi connectivity index (χ4n) is 3.53. The Kier molecular flexibility index (Phi) is 6.86. The number of nitrogens with zero attached hydrogens (tertiary/aromatic N) is 4. The molecule has 4 aromatic rings. The Morgan fingerprint density at radius 1 is 1.21 bits per heavy atom. The minimum absolute atomic E-state index is 0.105. The Labute approximate surface area is 206 Å². The third kappa shape index (κ3) is 4.62. The number of hydrogen-bond donors (Lipinski definition) is 0. The van der Waals surface area contributed by atoms with E-state index in [0.29, 0.717) is 49.1 Å². The molecule has 6 nitrogen and oxygen atoms in total. The van der Waals surface area contributed by atoms with Crippen LogP contribution in [0.3, 0.4) is 0 Å². The Morgan fingerprint density at radius 2 is 1.94 bits per heavy atom. The molecule has 0 saturated carbocycles. The summed E-state index contributed by atoms with van der Waals surface area (Å²) in [5.41, 5.74) is 2.06. The van der Waals surface area contributed by atoms with Crippen LogP contribution in [0.4, 0.5) is 19.6 Å². The summed E-state index contributed by atoms with van der Waals surface area (Å²) < 4.78 is 33.5. The Morgan fingerprint density at radius 3 is 2.59 bits per heavy atom. The first-order valence-electron chi connectivity index (χ1n) is 10.1. The molecule has 0 fully saturated rings. The summed E-state index contributed by atoms with van der Waals surface area (Å²) in [6, 6.07) is 12.6. The Bertz CT molecular complexity index is 1430. The zero-order chi connectivity index (χ0) is 24.4. The lowest BCUT2D eigenvalue weighted by molar-refractivity contribution is -0.139. The van der Waals surface area contributed by atoms with Gasteiger partial charge in [0.05, 0.1) is 24.9 Å². The molecule has 2 heterocycles. The van der Waals surface area contributed by atoms with Crippen molar-refractivity contribution in [3.63, 3.8) is 0 Å². The number of pyridine rings is 1. The van der Waals surface area contributed by atoms with E-state index in [-0.39, 0.29) is 17.8 Å². The smallest absolute Gasteiger partial charge is 0.311 e. The van der Waals surface area contributed by atoms with Crippen molar-refractivity contribution >= 4 is 55.0 Å². The highest BCUT2D eigenvalue weighted by molar-refractivity contribution is 9.10. The molecule has 4 rings (SSSR count). The average molecular weight is 543 g/mol. The van der Waals surface area contributed by atoms with E-state index in [1.165, 1.54) is 36.6 Å². The third-order valence-electron chi connectivity index (χ3n) is 5.09. The Balaban J connectivity index is 1.91. The number of methoxy groups -OCH3 is 1. The highest BCUT2D eigenvalue weighted by Crippen LogP contribution is 2.39. The molecule has 0 radical (unpaired) electrons. The van der Waals surface area contributed by atoms with Gasteiger partial charge in [-0.2, -0.15) is 5.26 Å². The molecule has 0 aliphatic rings. The van der Waals surface area contributed by atoms with Gasteiger partial charge in [-0.15, -0.1) is 0 Å². The fraction of sp³-hybridized carbons (Fsp3) is 0.167. The first-order valence-corrected chi connectivity index (χ1v) is 11.8. The van der Waals surface area contributed by atoms with Crippen LogP contribution >= 0.6 is 27.3 Å². The highest BCUT2D eigenvalue weighted by Gasteiger charge is 2.22. The number of thiazole rings is 1. The lowest BCUT2D eigenvalue weighted by Gasteiger charge is -2.23. The van der Waals surface area contributed by atoms with Gasteiger partial charge in [0, 0.05) is 22.0 Å². The van der Waals surface area contributed by atoms with Crippen LogP contribution in [0.25, 0.3) is 22.2 Å². The van der Waals surface area contributed by atoms with Crippen LogP contribution in [0.5, 0.6) is 0 Å². The quantitative estimate of drug-likeness (QED) is 0.272. The molecule has 172 valence electrons. The van der Waals surface area contributed by atoms with E-state index in [9.17, 15) is 18.8 Å². The number of benzene rings is 2. The molecule has 0 spiro atoms. The summed E-state index contributed by atoms with van der Waals surface area (Å²) in [6.07, 6.45) is -0.130. The van der Waals surface area contributed by atoms with Crippen LogP contribution in [0.15, 0.2) is 46.9 Å².